The van der Waals surface area contributed by atoms with Crippen LogP contribution >= 0.6 is 81.2 Å². The van der Waals surface area contributed by atoms with E-state index in [1.165, 1.54) is 63.7 Å². The van der Waals surface area contributed by atoms with Crippen molar-refractivity contribution in [2.24, 2.45) is 0 Å². The van der Waals surface area contributed by atoms with Gasteiger partial charge < -0.3 is 54.8 Å². The number of hydrogen-bond donors (Lipinski definition) is 4. The van der Waals surface area contributed by atoms with Crippen LogP contribution in [0.4, 0.5) is 17.1 Å². The number of nitro benzene ring substituents is 1. The lowest BCUT2D eigenvalue weighted by Gasteiger charge is -2.16. The van der Waals surface area contributed by atoms with E-state index in [0.717, 1.165) is 58.9 Å². The second-order valence-corrected chi connectivity index (χ2v) is 32.4. The third-order valence-electron chi connectivity index (χ3n) is 20.5. The molecule has 3 aromatic heterocycles. The largest absolute Gasteiger partial charge is 0.505 e. The molecule has 0 aliphatic heterocycles. The number of nitrogens with zero attached hydrogens (tertiary/aromatic N) is 7. The number of ether oxygens (including phenoxy) is 7. The number of allylic oxidation sites excluding steroid dienone is 1. The first-order chi connectivity index (χ1) is 66.9. The van der Waals surface area contributed by atoms with E-state index in [-0.39, 0.29) is 67.5 Å². The summed E-state index contributed by atoms with van der Waals surface area (Å²) in [5.41, 5.74) is 19.0. The fraction of sp³-hybridized carbons (Fsp3) is 0.155. The number of anilines is 2. The summed E-state index contributed by atoms with van der Waals surface area (Å²) in [4.78, 5) is 139. The first-order valence-electron chi connectivity index (χ1n) is 42.0. The maximum absolute atomic E-state index is 13.4. The molecule has 0 bridgehead atoms. The zero-order valence-electron chi connectivity index (χ0n) is 76.6. The van der Waals surface area contributed by atoms with Crippen molar-refractivity contribution in [1.29, 1.82) is 0 Å². The van der Waals surface area contributed by atoms with Gasteiger partial charge in [-0.25, -0.2) is 24.5 Å². The van der Waals surface area contributed by atoms with Gasteiger partial charge in [-0.3, -0.25) is 62.2 Å². The number of fused-ring (bicyclic) bond motifs is 3. The highest BCUT2D eigenvalue weighted by Crippen LogP contribution is 2.35. The standard InChI is InChI=1S/C22H17ClN2O5.C17H13ClN2O3.C16H11ClN2O4.C15H15ClO.C14H14ClNO.C7H9NO.C6H3Cl2NO2.C6H8O4/c1-30-13-10-8-12(9-11-13)25-15-5-2-4-14(23)19(15)24-20(22(25)29)21(28)18-16(26)6-3-7-17(18)27;1-10(21)15-17(22)20(11-6-8-12(23-2)9-7-11)14-5-3-4-13(18)16(14)19-15;1-23-10-7-5-9(6-8-10)19-12-4-2-3-11(17)13(12)18-14(15(19)20)16(21)22;1-11-13(4-3-5-15(11)16)10-12-6-8-14(17-2)9-7-12;1-17-12-7-5-10(6-8-12)9-11-3-2-4-13(15)14(11)16;1-9-7-4-2-6(8)3-5-7;7-4-2-1-3-5(8)6(4)9(10)11;1-3-10-6(9)5(8)4(2)7/h2,4-5,8-11,28H,3,6-7H2,1H3;3-9H,1-2H3;2-8H,1H3,(H,21,22);3-9H,10H2,1-2H3;2-8H,9,16H2,1H3;2-5H,8H2,1H3;1-3H;3H2,1-2H3. The van der Waals surface area contributed by atoms with Gasteiger partial charge in [-0.15, -0.1) is 0 Å². The highest BCUT2D eigenvalue weighted by Gasteiger charge is 2.31. The van der Waals surface area contributed by atoms with Crippen LogP contribution in [0.3, 0.4) is 0 Å². The molecular formula is C103H90Cl7N9O21. The molecule has 0 saturated heterocycles. The van der Waals surface area contributed by atoms with Crippen molar-refractivity contribution in [2.75, 3.05) is 60.7 Å². The molecule has 37 heteroatoms. The zero-order chi connectivity index (χ0) is 102. The minimum atomic E-state index is -1.40. The van der Waals surface area contributed by atoms with Crippen LogP contribution in [0.2, 0.25) is 35.2 Å². The number of hydrogen-bond acceptors (Lipinski definition) is 25. The molecule has 6 N–H and O–H groups in total. The van der Waals surface area contributed by atoms with Crippen LogP contribution in [0.1, 0.15) is 94.5 Å². The van der Waals surface area contributed by atoms with Crippen molar-refractivity contribution < 1.29 is 81.9 Å². The maximum Gasteiger partial charge on any atom is 0.382 e. The van der Waals surface area contributed by atoms with Crippen LogP contribution in [-0.4, -0.2) is 134 Å². The second-order valence-electron chi connectivity index (χ2n) is 29.6. The van der Waals surface area contributed by atoms with Gasteiger partial charge in [0.05, 0.1) is 96.5 Å². The van der Waals surface area contributed by atoms with Crippen LogP contribution in [0.15, 0.2) is 275 Å². The van der Waals surface area contributed by atoms with E-state index in [1.54, 1.807) is 187 Å². The lowest BCUT2D eigenvalue weighted by Crippen LogP contribution is -2.27. The monoisotopic (exact) mass is 2030 g/mol. The van der Waals surface area contributed by atoms with Gasteiger partial charge in [0.2, 0.25) is 11.5 Å². The van der Waals surface area contributed by atoms with Gasteiger partial charge in [0.25, 0.3) is 16.7 Å². The molecule has 0 radical (unpaired) electrons. The summed E-state index contributed by atoms with van der Waals surface area (Å²) in [6.07, 6.45) is 2.35. The normalized spacial score (nSPS) is 11.0. The van der Waals surface area contributed by atoms with Gasteiger partial charge >= 0.3 is 23.4 Å². The number of aliphatic hydroxyl groups is 1. The Bertz CT molecular complexity index is 7000. The smallest absolute Gasteiger partial charge is 0.382 e. The number of aromatic nitrogens is 6. The molecule has 0 atom stereocenters. The quantitative estimate of drug-likeness (QED) is 0.00526. The van der Waals surface area contributed by atoms with Gasteiger partial charge in [-0.2, -0.15) is 0 Å². The Kier molecular flexibility index (Phi) is 40.1. The summed E-state index contributed by atoms with van der Waals surface area (Å²) < 4.78 is 38.8. The molecule has 1 saturated carbocycles. The van der Waals surface area contributed by atoms with Crippen molar-refractivity contribution >= 4 is 178 Å². The third-order valence-corrected chi connectivity index (χ3v) is 22.8. The van der Waals surface area contributed by atoms with Crippen LogP contribution < -0.4 is 56.6 Å². The van der Waals surface area contributed by atoms with Crippen LogP contribution in [0, 0.1) is 17.0 Å². The maximum atomic E-state index is 13.4. The molecule has 3 heterocycles. The first kappa shape index (κ1) is 108. The molecule has 722 valence electrons. The Balaban J connectivity index is 0.000000184. The van der Waals surface area contributed by atoms with E-state index in [4.69, 9.17) is 121 Å². The molecule has 1 fully saturated rings. The third kappa shape index (κ3) is 28.2. The highest BCUT2D eigenvalue weighted by atomic mass is 35.5. The number of nitro groups is 1. The van der Waals surface area contributed by atoms with E-state index in [2.05, 4.69) is 44.8 Å². The Hall–Kier alpha value is -15.3. The Morgan fingerprint density at radius 3 is 1.09 bits per heavy atom. The van der Waals surface area contributed by atoms with E-state index < -0.39 is 79.6 Å². The Morgan fingerprint density at radius 1 is 0.414 bits per heavy atom. The summed E-state index contributed by atoms with van der Waals surface area (Å²) in [6.45, 7) is 6.06. The molecule has 15 aromatic rings. The molecule has 0 amide bonds. The predicted molar refractivity (Wildman–Crippen MR) is 544 cm³/mol. The van der Waals surface area contributed by atoms with Gasteiger partial charge in [-0.1, -0.05) is 154 Å². The lowest BCUT2D eigenvalue weighted by molar-refractivity contribution is -0.384. The number of nitrogens with two attached hydrogens (primary N) is 2. The summed E-state index contributed by atoms with van der Waals surface area (Å²) in [5.74, 6) is -2.00. The topological polar surface area (TPSA) is 424 Å². The fourth-order valence-corrected chi connectivity index (χ4v) is 14.9. The first-order valence-corrected chi connectivity index (χ1v) is 44.6. The summed E-state index contributed by atoms with van der Waals surface area (Å²) in [6, 6.07) is 74.8. The summed E-state index contributed by atoms with van der Waals surface area (Å²) in [7, 11) is 9.59. The van der Waals surface area contributed by atoms with Gasteiger partial charge in [0.1, 0.15) is 66.7 Å². The minimum Gasteiger partial charge on any atom is -0.505 e. The number of halogens is 7. The zero-order valence-corrected chi connectivity index (χ0v) is 81.9. The molecule has 16 rings (SSSR count). The van der Waals surface area contributed by atoms with E-state index in [1.807, 2.05) is 72.8 Å². The fourth-order valence-electron chi connectivity index (χ4n) is 13.3. The number of esters is 1. The summed E-state index contributed by atoms with van der Waals surface area (Å²) >= 11 is 41.7. The number of methoxy groups -OCH3 is 6. The molecule has 1 aliphatic rings. The van der Waals surface area contributed by atoms with E-state index in [9.17, 15) is 68.3 Å². The van der Waals surface area contributed by atoms with Crippen molar-refractivity contribution in [2.45, 2.75) is 59.8 Å². The van der Waals surface area contributed by atoms with Crippen molar-refractivity contribution in [3.05, 3.63) is 382 Å². The minimum absolute atomic E-state index is 0.0579. The van der Waals surface area contributed by atoms with Gasteiger partial charge in [-0.05, 0) is 243 Å². The summed E-state index contributed by atoms with van der Waals surface area (Å²) in [5, 5.41) is 32.7. The molecule has 140 heavy (non-hydrogen) atoms. The SMILES string of the molecule is CCOC(=O)C(=O)C(C)=O.COc1ccc(-n2c(=O)c(C(=O)O)nc3c(Cl)cccc32)cc1.COc1ccc(-n2c(=O)c(C(C)=O)nc3c(Cl)cccc32)cc1.COc1ccc(-n2c(=O)c(C(O)=C3C(=O)CCCC3=O)nc3c(Cl)cccc32)cc1.COc1ccc(Cc2cccc(Cl)c2C)cc1.COc1ccc(Cc2cccc(Cl)c2N)cc1.COc1ccc(N)cc1.O=[N+]([O-])c1c(Cl)cccc1Cl. The van der Waals surface area contributed by atoms with Crippen molar-refractivity contribution in [3.8, 4) is 51.6 Å². The van der Waals surface area contributed by atoms with Crippen LogP contribution in [0.25, 0.3) is 55.9 Å². The number of carbonyl (C=O) groups excluding carboxylic acids is 6. The van der Waals surface area contributed by atoms with Crippen LogP contribution in [-0.2, 0) is 41.6 Å². The number of aromatic carboxylic acids is 1. The number of para-hydroxylation sites is 5. The van der Waals surface area contributed by atoms with E-state index in [0.29, 0.717) is 78.5 Å². The number of carboxylic acid groups (broad SMARTS) is 1. The molecule has 1 aliphatic carbocycles. The number of ketones is 5. The lowest BCUT2D eigenvalue weighted by atomic mass is 9.90. The predicted octanol–water partition coefficient (Wildman–Crippen LogP) is 21.3. The number of rotatable bonds is 20. The highest BCUT2D eigenvalue weighted by molar-refractivity contribution is 6.61. The van der Waals surface area contributed by atoms with Gasteiger partial charge in [0, 0.05) is 54.5 Å². The van der Waals surface area contributed by atoms with Gasteiger partial charge in [0.15, 0.2) is 34.5 Å². The van der Waals surface area contributed by atoms with Crippen LogP contribution in [0.5, 0.6) is 34.5 Å². The van der Waals surface area contributed by atoms with E-state index >= 15 is 0 Å². The molecule has 30 nitrogen and oxygen atoms in total. The Morgan fingerprint density at radius 2 is 0.729 bits per heavy atom. The number of nitrogen functional groups attached to an aromatic ring is 2. The van der Waals surface area contributed by atoms with Crippen molar-refractivity contribution in [1.82, 2.24) is 28.7 Å². The number of aliphatic hydroxyl groups excluding tert-OH is 1. The number of Topliss-reactive ketones (excluding diaryl/α,β-unsaturated/α-hetero) is 5. The number of carbonyl (C=O) groups is 7. The number of carboxylic acids is 1. The average Bonchev–Trinajstić information content (AvgIpc) is 0.751. The molecule has 0 unspecified atom stereocenters. The van der Waals surface area contributed by atoms with Crippen molar-refractivity contribution in [3.63, 3.8) is 0 Å². The Labute approximate surface area is 836 Å². The number of benzene rings is 12. The second kappa shape index (κ2) is 51.8. The molecular weight excluding hydrogens is 1950 g/mol. The molecule has 0 spiro atoms. The molecule has 12 aromatic carbocycles. The average molecular weight is 2040 g/mol.